The predicted molar refractivity (Wildman–Crippen MR) is 129 cm³/mol. The molecule has 1 heterocycles. The molecule has 33 heavy (non-hydrogen) atoms. The van der Waals surface area contributed by atoms with E-state index in [0.29, 0.717) is 41.5 Å². The minimum atomic E-state index is -0.256. The van der Waals surface area contributed by atoms with Crippen LogP contribution >= 0.6 is 11.6 Å². The third-order valence-corrected chi connectivity index (χ3v) is 5.30. The van der Waals surface area contributed by atoms with Crippen LogP contribution < -0.4 is 10.6 Å². The van der Waals surface area contributed by atoms with Crippen molar-refractivity contribution < 1.29 is 9.59 Å². The van der Waals surface area contributed by atoms with Gasteiger partial charge in [0.05, 0.1) is 12.1 Å². The van der Waals surface area contributed by atoms with Gasteiger partial charge >= 0.3 is 0 Å². The smallest absolute Gasteiger partial charge is 0.255 e. The Hall–Kier alpha value is -3.90. The van der Waals surface area contributed by atoms with E-state index >= 15 is 0 Å². The van der Waals surface area contributed by atoms with Crippen LogP contribution in [-0.2, 0) is 6.54 Å². The van der Waals surface area contributed by atoms with E-state index < -0.39 is 0 Å². The van der Waals surface area contributed by atoms with Crippen molar-refractivity contribution in [1.29, 1.82) is 0 Å². The van der Waals surface area contributed by atoms with Gasteiger partial charge in [-0.1, -0.05) is 72.3 Å². The Labute approximate surface area is 197 Å². The minimum Gasteiger partial charge on any atom is -0.350 e. The van der Waals surface area contributed by atoms with Gasteiger partial charge in [-0.2, -0.15) is 5.10 Å². The zero-order chi connectivity index (χ0) is 23.0. The van der Waals surface area contributed by atoms with Crippen LogP contribution in [0.4, 0.5) is 0 Å². The van der Waals surface area contributed by atoms with Crippen molar-refractivity contribution in [2.45, 2.75) is 6.54 Å². The molecule has 0 atom stereocenters. The summed E-state index contributed by atoms with van der Waals surface area (Å²) in [6, 6.07) is 26.1. The van der Waals surface area contributed by atoms with Crippen molar-refractivity contribution in [3.8, 4) is 11.3 Å². The van der Waals surface area contributed by atoms with Crippen molar-refractivity contribution >= 4 is 23.4 Å². The molecule has 4 aromatic rings. The fourth-order valence-corrected chi connectivity index (χ4v) is 3.52. The third-order valence-electron chi connectivity index (χ3n) is 5.04. The Morgan fingerprint density at radius 3 is 2.06 bits per heavy atom. The van der Waals surface area contributed by atoms with Gasteiger partial charge in [-0.15, -0.1) is 0 Å². The average Bonchev–Trinajstić information content (AvgIpc) is 3.27. The van der Waals surface area contributed by atoms with Crippen molar-refractivity contribution in [1.82, 2.24) is 20.4 Å². The molecule has 0 unspecified atom stereocenters. The number of nitrogens with zero attached hydrogens (tertiary/aromatic N) is 2. The molecule has 0 aliphatic heterocycles. The first kappa shape index (κ1) is 22.3. The summed E-state index contributed by atoms with van der Waals surface area (Å²) in [5.74, 6) is -0.435. The van der Waals surface area contributed by atoms with Gasteiger partial charge in [0.15, 0.2) is 0 Å². The van der Waals surface area contributed by atoms with Gasteiger partial charge < -0.3 is 10.6 Å². The van der Waals surface area contributed by atoms with Gasteiger partial charge in [-0.05, 0) is 29.8 Å². The van der Waals surface area contributed by atoms with Gasteiger partial charge in [-0.3, -0.25) is 14.3 Å². The molecule has 0 saturated heterocycles. The Kier molecular flexibility index (Phi) is 7.17. The topological polar surface area (TPSA) is 76.0 Å². The van der Waals surface area contributed by atoms with Crippen molar-refractivity contribution in [2.24, 2.45) is 0 Å². The zero-order valence-electron chi connectivity index (χ0n) is 17.9. The Morgan fingerprint density at radius 1 is 0.788 bits per heavy atom. The maximum atomic E-state index is 13.0. The van der Waals surface area contributed by atoms with E-state index in [9.17, 15) is 9.59 Å². The predicted octanol–water partition coefficient (Wildman–Crippen LogP) is 4.41. The highest BCUT2D eigenvalue weighted by Gasteiger charge is 2.18. The van der Waals surface area contributed by atoms with Gasteiger partial charge in [-0.25, -0.2) is 0 Å². The van der Waals surface area contributed by atoms with E-state index in [4.69, 9.17) is 11.6 Å². The molecule has 0 saturated carbocycles. The Morgan fingerprint density at radius 2 is 1.39 bits per heavy atom. The molecule has 1 aromatic heterocycles. The second-order valence-electron chi connectivity index (χ2n) is 7.46. The molecule has 0 bridgehead atoms. The Balaban J connectivity index is 1.45. The standard InChI is InChI=1S/C26H23ClN4O2/c27-22-13-11-20(12-14-22)24-23(18-31(30-24)17-19-7-3-1-4-8-19)26(33)29-16-15-28-25(32)21-9-5-2-6-10-21/h1-14,18H,15-17H2,(H,28,32)(H,29,33). The van der Waals surface area contributed by atoms with Gasteiger partial charge in [0.2, 0.25) is 0 Å². The Bertz CT molecular complexity index is 1220. The first-order valence-corrected chi connectivity index (χ1v) is 11.0. The molecular weight excluding hydrogens is 436 g/mol. The first-order valence-electron chi connectivity index (χ1n) is 10.6. The lowest BCUT2D eigenvalue weighted by molar-refractivity contribution is 0.0928. The molecule has 4 rings (SSSR count). The molecular formula is C26H23ClN4O2. The summed E-state index contributed by atoms with van der Waals surface area (Å²) in [7, 11) is 0. The number of amides is 2. The summed E-state index contributed by atoms with van der Waals surface area (Å²) in [4.78, 5) is 25.1. The number of halogens is 1. The molecule has 2 N–H and O–H groups in total. The second kappa shape index (κ2) is 10.6. The van der Waals surface area contributed by atoms with Crippen molar-refractivity contribution in [3.63, 3.8) is 0 Å². The molecule has 3 aromatic carbocycles. The molecule has 6 nitrogen and oxygen atoms in total. The zero-order valence-corrected chi connectivity index (χ0v) is 18.6. The maximum absolute atomic E-state index is 13.0. The molecule has 0 spiro atoms. The minimum absolute atomic E-state index is 0.178. The van der Waals surface area contributed by atoms with Crippen LogP contribution in [0.5, 0.6) is 0 Å². The molecule has 2 amide bonds. The van der Waals surface area contributed by atoms with E-state index in [1.165, 1.54) is 0 Å². The molecule has 7 heteroatoms. The van der Waals surface area contributed by atoms with E-state index in [1.807, 2.05) is 60.7 Å². The fraction of sp³-hybridized carbons (Fsp3) is 0.115. The van der Waals surface area contributed by atoms with E-state index in [2.05, 4.69) is 15.7 Å². The van der Waals surface area contributed by atoms with Crippen molar-refractivity contribution in [3.05, 3.63) is 113 Å². The second-order valence-corrected chi connectivity index (χ2v) is 7.90. The maximum Gasteiger partial charge on any atom is 0.255 e. The largest absolute Gasteiger partial charge is 0.350 e. The van der Waals surface area contributed by atoms with Gasteiger partial charge in [0.25, 0.3) is 11.8 Å². The lowest BCUT2D eigenvalue weighted by Gasteiger charge is -2.07. The normalized spacial score (nSPS) is 10.6. The monoisotopic (exact) mass is 458 g/mol. The number of hydrogen-bond acceptors (Lipinski definition) is 3. The summed E-state index contributed by atoms with van der Waals surface area (Å²) < 4.78 is 1.76. The number of aromatic nitrogens is 2. The van der Waals surface area contributed by atoms with Crippen LogP contribution in [0.2, 0.25) is 5.02 Å². The summed E-state index contributed by atoms with van der Waals surface area (Å²) in [5, 5.41) is 11.0. The quantitative estimate of drug-likeness (QED) is 0.384. The number of carbonyl (C=O) groups excluding carboxylic acids is 2. The van der Waals surface area contributed by atoms with Crippen LogP contribution in [0.1, 0.15) is 26.3 Å². The van der Waals surface area contributed by atoms with Gasteiger partial charge in [0, 0.05) is 35.4 Å². The van der Waals surface area contributed by atoms with Gasteiger partial charge in [0.1, 0.15) is 5.69 Å². The highest BCUT2D eigenvalue weighted by Crippen LogP contribution is 2.24. The summed E-state index contributed by atoms with van der Waals surface area (Å²) in [6.45, 7) is 1.15. The number of rotatable bonds is 8. The van der Waals surface area contributed by atoms with Crippen LogP contribution in [0.15, 0.2) is 91.1 Å². The van der Waals surface area contributed by atoms with E-state index in [0.717, 1.165) is 11.1 Å². The first-order chi connectivity index (χ1) is 16.1. The van der Waals surface area contributed by atoms with Crippen LogP contribution in [0.25, 0.3) is 11.3 Å². The molecule has 0 fully saturated rings. The lowest BCUT2D eigenvalue weighted by atomic mass is 10.1. The van der Waals surface area contributed by atoms with E-state index in [1.54, 1.807) is 35.1 Å². The third kappa shape index (κ3) is 5.87. The van der Waals surface area contributed by atoms with Crippen LogP contribution in [0, 0.1) is 0 Å². The van der Waals surface area contributed by atoms with Crippen LogP contribution in [0.3, 0.4) is 0 Å². The summed E-state index contributed by atoms with van der Waals surface area (Å²) in [6.07, 6.45) is 1.74. The highest BCUT2D eigenvalue weighted by molar-refractivity contribution is 6.30. The molecule has 166 valence electrons. The average molecular weight is 459 g/mol. The number of nitrogens with one attached hydrogen (secondary N) is 2. The summed E-state index contributed by atoms with van der Waals surface area (Å²) >= 11 is 6.03. The van der Waals surface area contributed by atoms with Crippen LogP contribution in [-0.4, -0.2) is 34.7 Å². The number of benzene rings is 3. The van der Waals surface area contributed by atoms with E-state index in [-0.39, 0.29) is 11.8 Å². The van der Waals surface area contributed by atoms with Crippen molar-refractivity contribution in [2.75, 3.05) is 13.1 Å². The molecule has 0 radical (unpaired) electrons. The lowest BCUT2D eigenvalue weighted by Crippen LogP contribution is -2.34. The number of hydrogen-bond donors (Lipinski definition) is 2. The highest BCUT2D eigenvalue weighted by atomic mass is 35.5. The fourth-order valence-electron chi connectivity index (χ4n) is 3.40. The molecule has 0 aliphatic carbocycles. The summed E-state index contributed by atoms with van der Waals surface area (Å²) in [5.41, 5.74) is 3.50. The molecule has 0 aliphatic rings. The number of carbonyl (C=O) groups is 2. The SMILES string of the molecule is O=C(NCCNC(=O)c1cn(Cc2ccccc2)nc1-c1ccc(Cl)cc1)c1ccccc1.